The van der Waals surface area contributed by atoms with E-state index in [-0.39, 0.29) is 11.9 Å². The molecule has 1 aromatic heterocycles. The van der Waals surface area contributed by atoms with Gasteiger partial charge in [-0.25, -0.2) is 4.98 Å². The van der Waals surface area contributed by atoms with Gasteiger partial charge in [-0.15, -0.1) is 11.3 Å². The lowest BCUT2D eigenvalue weighted by Crippen LogP contribution is -2.07. The van der Waals surface area contributed by atoms with Gasteiger partial charge in [-0.05, 0) is 43.9 Å². The van der Waals surface area contributed by atoms with Crippen LogP contribution in [0.3, 0.4) is 0 Å². The number of aryl methyl sites for hydroxylation is 2. The van der Waals surface area contributed by atoms with Crippen molar-refractivity contribution in [3.63, 3.8) is 0 Å². The van der Waals surface area contributed by atoms with Crippen molar-refractivity contribution in [2.24, 2.45) is 5.92 Å². The molecule has 2 aromatic rings. The Balaban J connectivity index is 1.57. The largest absolute Gasteiger partial charge is 0.460 e. The van der Waals surface area contributed by atoms with Crippen LogP contribution in [0.5, 0.6) is 0 Å². The summed E-state index contributed by atoms with van der Waals surface area (Å²) in [6, 6.07) is 8.14. The SMILES string of the molecule is Cc1nc(C)c(COC(=O)C2CC2c2cccc(Br)c2)s1. The van der Waals surface area contributed by atoms with E-state index in [0.717, 1.165) is 26.5 Å². The number of halogens is 1. The third-order valence-corrected chi connectivity index (χ3v) is 5.25. The zero-order valence-electron chi connectivity index (χ0n) is 11.9. The van der Waals surface area contributed by atoms with Crippen molar-refractivity contribution in [1.29, 1.82) is 0 Å². The van der Waals surface area contributed by atoms with E-state index < -0.39 is 0 Å². The lowest BCUT2D eigenvalue weighted by Gasteiger charge is -2.04. The van der Waals surface area contributed by atoms with Gasteiger partial charge in [0.25, 0.3) is 0 Å². The number of benzene rings is 1. The molecule has 2 atom stereocenters. The van der Waals surface area contributed by atoms with Crippen LogP contribution in [-0.2, 0) is 16.1 Å². The molecular weight excluding hydrogens is 350 g/mol. The molecule has 3 nitrogen and oxygen atoms in total. The van der Waals surface area contributed by atoms with Crippen molar-refractivity contribution in [1.82, 2.24) is 4.98 Å². The van der Waals surface area contributed by atoms with E-state index >= 15 is 0 Å². The van der Waals surface area contributed by atoms with Crippen molar-refractivity contribution in [3.8, 4) is 0 Å². The number of hydrogen-bond donors (Lipinski definition) is 0. The van der Waals surface area contributed by atoms with Gasteiger partial charge in [-0.3, -0.25) is 4.79 Å². The average Bonchev–Trinajstić information content (AvgIpc) is 3.17. The maximum absolute atomic E-state index is 12.1. The van der Waals surface area contributed by atoms with Crippen molar-refractivity contribution >= 4 is 33.2 Å². The van der Waals surface area contributed by atoms with Crippen LogP contribution in [0.4, 0.5) is 0 Å². The zero-order chi connectivity index (χ0) is 15.0. The highest BCUT2D eigenvalue weighted by atomic mass is 79.9. The maximum atomic E-state index is 12.1. The molecular formula is C16H16BrNO2S. The Morgan fingerprint density at radius 3 is 2.95 bits per heavy atom. The number of esters is 1. The fourth-order valence-corrected chi connectivity index (χ4v) is 3.78. The summed E-state index contributed by atoms with van der Waals surface area (Å²) in [5.74, 6) is 0.221. The number of carbonyl (C=O) groups excluding carboxylic acids is 1. The van der Waals surface area contributed by atoms with Crippen LogP contribution in [0.1, 0.15) is 33.5 Å². The second-order valence-electron chi connectivity index (χ2n) is 5.35. The first-order valence-electron chi connectivity index (χ1n) is 6.89. The van der Waals surface area contributed by atoms with Crippen LogP contribution in [0.2, 0.25) is 0 Å². The van der Waals surface area contributed by atoms with Gasteiger partial charge in [0.15, 0.2) is 0 Å². The number of ether oxygens (including phenoxy) is 1. The van der Waals surface area contributed by atoms with E-state index in [9.17, 15) is 4.79 Å². The van der Waals surface area contributed by atoms with Crippen LogP contribution in [-0.4, -0.2) is 11.0 Å². The third-order valence-electron chi connectivity index (χ3n) is 3.72. The zero-order valence-corrected chi connectivity index (χ0v) is 14.3. The molecule has 3 rings (SSSR count). The normalized spacial score (nSPS) is 20.3. The Morgan fingerprint density at radius 1 is 1.48 bits per heavy atom. The number of hydrogen-bond acceptors (Lipinski definition) is 4. The van der Waals surface area contributed by atoms with Gasteiger partial charge in [0.2, 0.25) is 0 Å². The van der Waals surface area contributed by atoms with Gasteiger partial charge in [-0.1, -0.05) is 28.1 Å². The van der Waals surface area contributed by atoms with Gasteiger partial charge in [0, 0.05) is 4.47 Å². The first-order valence-corrected chi connectivity index (χ1v) is 8.50. The molecule has 1 aromatic carbocycles. The van der Waals surface area contributed by atoms with Gasteiger partial charge < -0.3 is 4.74 Å². The Morgan fingerprint density at radius 2 is 2.29 bits per heavy atom. The Bertz CT molecular complexity index is 683. The number of carbonyl (C=O) groups is 1. The van der Waals surface area contributed by atoms with Crippen molar-refractivity contribution in [3.05, 3.63) is 49.9 Å². The molecule has 0 spiro atoms. The van der Waals surface area contributed by atoms with E-state index in [4.69, 9.17) is 4.74 Å². The monoisotopic (exact) mass is 365 g/mol. The maximum Gasteiger partial charge on any atom is 0.309 e. The van der Waals surface area contributed by atoms with E-state index in [2.05, 4.69) is 33.0 Å². The topological polar surface area (TPSA) is 39.2 Å². The number of thiazole rings is 1. The molecule has 5 heteroatoms. The van der Waals surface area contributed by atoms with Crippen LogP contribution in [0.15, 0.2) is 28.7 Å². The van der Waals surface area contributed by atoms with Crippen molar-refractivity contribution < 1.29 is 9.53 Å². The van der Waals surface area contributed by atoms with Gasteiger partial charge >= 0.3 is 5.97 Å². The van der Waals surface area contributed by atoms with Crippen LogP contribution < -0.4 is 0 Å². The van der Waals surface area contributed by atoms with Crippen molar-refractivity contribution in [2.45, 2.75) is 32.8 Å². The Labute approximate surface area is 136 Å². The van der Waals surface area contributed by atoms with Crippen LogP contribution in [0.25, 0.3) is 0 Å². The molecule has 1 heterocycles. The van der Waals surface area contributed by atoms with E-state index in [1.165, 1.54) is 5.56 Å². The second kappa shape index (κ2) is 5.89. The van der Waals surface area contributed by atoms with Gasteiger partial charge in [0.05, 0.1) is 21.5 Å². The smallest absolute Gasteiger partial charge is 0.309 e. The summed E-state index contributed by atoms with van der Waals surface area (Å²) in [4.78, 5) is 17.5. The molecule has 1 saturated carbocycles. The molecule has 0 amide bonds. The summed E-state index contributed by atoms with van der Waals surface area (Å²) in [6.45, 7) is 4.26. The number of aromatic nitrogens is 1. The van der Waals surface area contributed by atoms with E-state index in [1.54, 1.807) is 11.3 Å². The number of rotatable bonds is 4. The summed E-state index contributed by atoms with van der Waals surface area (Å²) in [7, 11) is 0. The minimum atomic E-state index is -0.0922. The predicted octanol–water partition coefficient (Wildman–Crippen LogP) is 4.37. The molecule has 110 valence electrons. The second-order valence-corrected chi connectivity index (χ2v) is 7.56. The van der Waals surface area contributed by atoms with Gasteiger partial charge in [-0.2, -0.15) is 0 Å². The summed E-state index contributed by atoms with van der Waals surface area (Å²) < 4.78 is 6.50. The first-order chi connectivity index (χ1) is 10.0. The molecule has 0 N–H and O–H groups in total. The van der Waals surface area contributed by atoms with Crippen LogP contribution in [0, 0.1) is 19.8 Å². The quantitative estimate of drug-likeness (QED) is 0.755. The third kappa shape index (κ3) is 3.35. The summed E-state index contributed by atoms with van der Waals surface area (Å²) >= 11 is 5.06. The van der Waals surface area contributed by atoms with E-state index in [1.807, 2.05) is 26.0 Å². The molecule has 0 aliphatic heterocycles. The van der Waals surface area contributed by atoms with Crippen molar-refractivity contribution in [2.75, 3.05) is 0 Å². The standard InChI is InChI=1S/C16H16BrNO2S/c1-9-15(21-10(2)18-9)8-20-16(19)14-7-13(14)11-4-3-5-12(17)6-11/h3-6,13-14H,7-8H2,1-2H3. The minimum Gasteiger partial charge on any atom is -0.460 e. The average molecular weight is 366 g/mol. The molecule has 21 heavy (non-hydrogen) atoms. The molecule has 0 saturated heterocycles. The molecule has 1 aliphatic carbocycles. The highest BCUT2D eigenvalue weighted by Gasteiger charge is 2.45. The summed E-state index contributed by atoms with van der Waals surface area (Å²) in [5.41, 5.74) is 2.17. The highest BCUT2D eigenvalue weighted by molar-refractivity contribution is 9.10. The molecule has 1 aliphatic rings. The Kier molecular flexibility index (Phi) is 4.13. The minimum absolute atomic E-state index is 0.00799. The fraction of sp³-hybridized carbons (Fsp3) is 0.375. The highest BCUT2D eigenvalue weighted by Crippen LogP contribution is 2.48. The summed E-state index contributed by atoms with van der Waals surface area (Å²) in [6.07, 6.45) is 0.885. The predicted molar refractivity (Wildman–Crippen MR) is 86.4 cm³/mol. The molecule has 1 fully saturated rings. The molecule has 2 unspecified atom stereocenters. The fourth-order valence-electron chi connectivity index (χ4n) is 2.51. The van der Waals surface area contributed by atoms with Crippen LogP contribution >= 0.6 is 27.3 Å². The molecule has 0 bridgehead atoms. The first kappa shape index (κ1) is 14.7. The van der Waals surface area contributed by atoms with E-state index in [0.29, 0.717) is 12.5 Å². The summed E-state index contributed by atoms with van der Waals surface area (Å²) in [5, 5.41) is 1.01. The lowest BCUT2D eigenvalue weighted by molar-refractivity contribution is -0.146. The number of nitrogens with zero attached hydrogens (tertiary/aromatic N) is 1. The lowest BCUT2D eigenvalue weighted by atomic mass is 10.1. The molecule has 0 radical (unpaired) electrons. The van der Waals surface area contributed by atoms with Gasteiger partial charge in [0.1, 0.15) is 6.61 Å². The Hall–Kier alpha value is -1.20.